The number of primary amides is 1. The van der Waals surface area contributed by atoms with Crippen LogP contribution in [-0.4, -0.2) is 29.8 Å². The minimum atomic E-state index is -1.15. The maximum atomic E-state index is 12.2. The Kier molecular flexibility index (Phi) is 4.42. The number of benzene rings is 1. The van der Waals surface area contributed by atoms with E-state index < -0.39 is 17.4 Å². The first-order valence-corrected chi connectivity index (χ1v) is 7.26. The fourth-order valence-corrected chi connectivity index (χ4v) is 2.43. The minimum Gasteiger partial charge on any atom is -0.368 e. The number of nitrogens with zero attached hydrogens (tertiary/aromatic N) is 1. The molecule has 0 aliphatic carbocycles. The molecule has 0 radical (unpaired) electrons. The first-order valence-electron chi connectivity index (χ1n) is 6.88. The Morgan fingerprint density at radius 2 is 2.09 bits per heavy atom. The maximum Gasteiger partial charge on any atom is 0.242 e. The molecule has 1 aromatic rings. The minimum absolute atomic E-state index is 0.0905. The largest absolute Gasteiger partial charge is 0.368 e. The molecule has 1 unspecified atom stereocenters. The molecule has 3 amide bonds. The Balaban J connectivity index is 2.09. The molecule has 1 saturated heterocycles. The van der Waals surface area contributed by atoms with Crippen molar-refractivity contribution < 1.29 is 14.4 Å². The van der Waals surface area contributed by atoms with Crippen LogP contribution in [0.25, 0.3) is 0 Å². The van der Waals surface area contributed by atoms with Crippen LogP contribution in [0.4, 0.5) is 5.69 Å². The molecule has 3 N–H and O–H groups in total. The number of nitrogens with two attached hydrogens (primary N) is 1. The van der Waals surface area contributed by atoms with Gasteiger partial charge in [0.15, 0.2) is 0 Å². The molecule has 1 heterocycles. The molecule has 0 bridgehead atoms. The van der Waals surface area contributed by atoms with Gasteiger partial charge in [-0.15, -0.1) is 0 Å². The van der Waals surface area contributed by atoms with E-state index in [1.165, 1.54) is 18.7 Å². The van der Waals surface area contributed by atoms with Gasteiger partial charge in [0.2, 0.25) is 17.7 Å². The predicted octanol–water partition coefficient (Wildman–Crippen LogP) is 1.07. The van der Waals surface area contributed by atoms with Crippen LogP contribution in [0, 0.1) is 5.92 Å². The summed E-state index contributed by atoms with van der Waals surface area (Å²) in [5, 5.41) is 3.10. The van der Waals surface area contributed by atoms with Crippen LogP contribution < -0.4 is 16.0 Å². The van der Waals surface area contributed by atoms with E-state index in [1.54, 1.807) is 24.3 Å². The van der Waals surface area contributed by atoms with E-state index >= 15 is 0 Å². The van der Waals surface area contributed by atoms with E-state index in [9.17, 15) is 14.4 Å². The van der Waals surface area contributed by atoms with Crippen molar-refractivity contribution in [2.45, 2.75) is 25.8 Å². The van der Waals surface area contributed by atoms with Crippen molar-refractivity contribution in [3.63, 3.8) is 0 Å². The normalized spacial score (nSPS) is 18.4. The van der Waals surface area contributed by atoms with E-state index in [4.69, 9.17) is 17.3 Å². The molecule has 6 nitrogen and oxygen atoms in total. The number of hydrogen-bond acceptors (Lipinski definition) is 3. The van der Waals surface area contributed by atoms with E-state index in [0.717, 1.165) is 0 Å². The zero-order chi connectivity index (χ0) is 16.5. The van der Waals surface area contributed by atoms with Crippen molar-refractivity contribution in [2.24, 2.45) is 11.7 Å². The molecule has 1 atom stereocenters. The highest BCUT2D eigenvalue weighted by Gasteiger charge is 2.38. The lowest BCUT2D eigenvalue weighted by molar-refractivity contribution is -0.132. The maximum absolute atomic E-state index is 12.2. The van der Waals surface area contributed by atoms with Gasteiger partial charge < -0.3 is 16.0 Å². The average Bonchev–Trinajstić information content (AvgIpc) is 2.80. The van der Waals surface area contributed by atoms with E-state index in [1.807, 2.05) is 0 Å². The first kappa shape index (κ1) is 16.3. The first-order chi connectivity index (χ1) is 10.2. The van der Waals surface area contributed by atoms with Crippen LogP contribution in [0.3, 0.4) is 0 Å². The number of halogens is 1. The Morgan fingerprint density at radius 1 is 1.41 bits per heavy atom. The van der Waals surface area contributed by atoms with Crippen LogP contribution in [0.2, 0.25) is 5.02 Å². The van der Waals surface area contributed by atoms with Crippen molar-refractivity contribution in [1.82, 2.24) is 5.32 Å². The summed E-state index contributed by atoms with van der Waals surface area (Å²) in [4.78, 5) is 37.1. The quantitative estimate of drug-likeness (QED) is 0.868. The van der Waals surface area contributed by atoms with Crippen molar-refractivity contribution in [3.05, 3.63) is 29.3 Å². The van der Waals surface area contributed by atoms with E-state index in [0.29, 0.717) is 10.7 Å². The van der Waals surface area contributed by atoms with E-state index in [2.05, 4.69) is 5.32 Å². The summed E-state index contributed by atoms with van der Waals surface area (Å²) in [5.74, 6) is -1.66. The second-order valence-electron chi connectivity index (χ2n) is 5.86. The smallest absolute Gasteiger partial charge is 0.242 e. The molecule has 1 aromatic carbocycles. The summed E-state index contributed by atoms with van der Waals surface area (Å²) in [7, 11) is 0. The third kappa shape index (κ3) is 3.39. The summed E-state index contributed by atoms with van der Waals surface area (Å²) in [6.07, 6.45) is 0.0905. The molecule has 0 spiro atoms. The van der Waals surface area contributed by atoms with Gasteiger partial charge in [-0.2, -0.15) is 0 Å². The van der Waals surface area contributed by atoms with Gasteiger partial charge in [-0.05, 0) is 32.0 Å². The molecule has 22 heavy (non-hydrogen) atoms. The van der Waals surface area contributed by atoms with Crippen LogP contribution >= 0.6 is 11.6 Å². The Bertz CT molecular complexity index is 630. The molecule has 0 saturated carbocycles. The lowest BCUT2D eigenvalue weighted by Gasteiger charge is -2.24. The van der Waals surface area contributed by atoms with Gasteiger partial charge >= 0.3 is 0 Å². The fourth-order valence-electron chi connectivity index (χ4n) is 2.25. The third-order valence-electron chi connectivity index (χ3n) is 3.67. The van der Waals surface area contributed by atoms with Crippen LogP contribution in [0.1, 0.15) is 20.3 Å². The highest BCUT2D eigenvalue weighted by atomic mass is 35.5. The summed E-state index contributed by atoms with van der Waals surface area (Å²) < 4.78 is 0. The Morgan fingerprint density at radius 3 is 2.68 bits per heavy atom. The van der Waals surface area contributed by atoms with Crippen LogP contribution in [0.5, 0.6) is 0 Å². The molecule has 1 aliphatic rings. The standard InChI is InChI=1S/C15H18ClN3O3/c1-15(2,14(17)22)18-13(21)9-6-12(20)19(8-9)11-5-3-4-10(16)7-11/h3-5,7,9H,6,8H2,1-2H3,(H2,17,22)(H,18,21). The van der Waals surface area contributed by atoms with Crippen molar-refractivity contribution in [3.8, 4) is 0 Å². The van der Waals surface area contributed by atoms with Gasteiger partial charge in [-0.1, -0.05) is 17.7 Å². The number of carbonyl (C=O) groups excluding carboxylic acids is 3. The van der Waals surface area contributed by atoms with Crippen molar-refractivity contribution in [2.75, 3.05) is 11.4 Å². The zero-order valence-corrected chi connectivity index (χ0v) is 13.2. The van der Waals surface area contributed by atoms with Gasteiger partial charge in [0, 0.05) is 23.7 Å². The fraction of sp³-hybridized carbons (Fsp3) is 0.400. The van der Waals surface area contributed by atoms with Gasteiger partial charge in [0.05, 0.1) is 5.92 Å². The van der Waals surface area contributed by atoms with Crippen LogP contribution in [-0.2, 0) is 14.4 Å². The Labute approximate surface area is 133 Å². The zero-order valence-electron chi connectivity index (χ0n) is 12.4. The van der Waals surface area contributed by atoms with E-state index in [-0.39, 0.29) is 24.8 Å². The number of anilines is 1. The highest BCUT2D eigenvalue weighted by Crippen LogP contribution is 2.27. The molecule has 1 aliphatic heterocycles. The van der Waals surface area contributed by atoms with Gasteiger partial charge in [-0.25, -0.2) is 0 Å². The molecule has 1 fully saturated rings. The van der Waals surface area contributed by atoms with Gasteiger partial charge in [-0.3, -0.25) is 14.4 Å². The monoisotopic (exact) mass is 323 g/mol. The average molecular weight is 324 g/mol. The second kappa shape index (κ2) is 5.96. The molecular formula is C15H18ClN3O3. The number of carbonyl (C=O) groups is 3. The molecule has 2 rings (SSSR count). The van der Waals surface area contributed by atoms with Gasteiger partial charge in [0.25, 0.3) is 0 Å². The number of hydrogen-bond donors (Lipinski definition) is 2. The van der Waals surface area contributed by atoms with Crippen molar-refractivity contribution >= 4 is 35.0 Å². The van der Waals surface area contributed by atoms with Gasteiger partial charge in [0.1, 0.15) is 5.54 Å². The molecule has 7 heteroatoms. The topological polar surface area (TPSA) is 92.5 Å². The van der Waals surface area contributed by atoms with Crippen molar-refractivity contribution in [1.29, 1.82) is 0 Å². The SMILES string of the molecule is CC(C)(NC(=O)C1CC(=O)N(c2cccc(Cl)c2)C1)C(N)=O. The summed E-state index contributed by atoms with van der Waals surface area (Å²) >= 11 is 5.92. The summed E-state index contributed by atoms with van der Waals surface area (Å²) in [6, 6.07) is 6.89. The summed E-state index contributed by atoms with van der Waals surface area (Å²) in [6.45, 7) is 3.30. The number of nitrogens with one attached hydrogen (secondary N) is 1. The number of rotatable bonds is 4. The number of amides is 3. The summed E-state index contributed by atoms with van der Waals surface area (Å²) in [5.41, 5.74) is 4.74. The lowest BCUT2D eigenvalue weighted by atomic mass is 10.0. The predicted molar refractivity (Wildman–Crippen MR) is 83.3 cm³/mol. The van der Waals surface area contributed by atoms with Crippen LogP contribution in [0.15, 0.2) is 24.3 Å². The molecular weight excluding hydrogens is 306 g/mol. The lowest BCUT2D eigenvalue weighted by Crippen LogP contribution is -2.54. The highest BCUT2D eigenvalue weighted by molar-refractivity contribution is 6.31. The third-order valence-corrected chi connectivity index (χ3v) is 3.90. The second-order valence-corrected chi connectivity index (χ2v) is 6.30. The molecule has 0 aromatic heterocycles. The Hall–Kier alpha value is -2.08. The molecule has 118 valence electrons.